The van der Waals surface area contributed by atoms with E-state index in [-0.39, 0.29) is 0 Å². The summed E-state index contributed by atoms with van der Waals surface area (Å²) in [6, 6.07) is 0. The second-order valence-electron chi connectivity index (χ2n) is 3.52. The van der Waals surface area contributed by atoms with E-state index in [1.807, 2.05) is 6.20 Å². The van der Waals surface area contributed by atoms with Gasteiger partial charge in [-0.1, -0.05) is 11.3 Å². The summed E-state index contributed by atoms with van der Waals surface area (Å²) in [5.74, 6) is 5.29. The molecule has 0 radical (unpaired) electrons. The zero-order valence-electron chi connectivity index (χ0n) is 8.61. The van der Waals surface area contributed by atoms with Crippen molar-refractivity contribution in [3.05, 3.63) is 11.1 Å². The molecule has 0 amide bonds. The fourth-order valence-corrected chi connectivity index (χ4v) is 2.39. The summed E-state index contributed by atoms with van der Waals surface area (Å²) in [6.45, 7) is 4.77. The van der Waals surface area contributed by atoms with E-state index in [2.05, 4.69) is 15.3 Å². The van der Waals surface area contributed by atoms with Crippen LogP contribution in [0.1, 0.15) is 11.3 Å². The first-order valence-corrected chi connectivity index (χ1v) is 5.91. The molecule has 1 fully saturated rings. The standard InChI is InChI=1S/C9H16N4OS/c10-12-9-11-6-8(15-9)7-13-2-1-4-14-5-3-13/h6H,1-5,7,10H2,(H,11,12). The van der Waals surface area contributed by atoms with Gasteiger partial charge in [0, 0.05) is 37.3 Å². The Labute approximate surface area is 93.2 Å². The van der Waals surface area contributed by atoms with Gasteiger partial charge in [-0.05, 0) is 6.42 Å². The second-order valence-corrected chi connectivity index (χ2v) is 4.63. The molecule has 0 atom stereocenters. The second kappa shape index (κ2) is 5.41. The van der Waals surface area contributed by atoms with Crippen molar-refractivity contribution in [3.8, 4) is 0 Å². The Morgan fingerprint density at radius 2 is 2.47 bits per heavy atom. The SMILES string of the molecule is NNc1ncc(CN2CCCOCC2)s1. The lowest BCUT2D eigenvalue weighted by atomic mass is 10.4. The minimum atomic E-state index is 0.774. The lowest BCUT2D eigenvalue weighted by Crippen LogP contribution is -2.25. The number of anilines is 1. The average molecular weight is 228 g/mol. The molecule has 0 aromatic carbocycles. The van der Waals surface area contributed by atoms with Crippen LogP contribution in [0.15, 0.2) is 6.20 Å². The largest absolute Gasteiger partial charge is 0.380 e. The molecule has 1 aromatic heterocycles. The van der Waals surface area contributed by atoms with Crippen molar-refractivity contribution in [2.75, 3.05) is 31.7 Å². The van der Waals surface area contributed by atoms with Gasteiger partial charge in [-0.2, -0.15) is 0 Å². The van der Waals surface area contributed by atoms with Crippen LogP contribution >= 0.6 is 11.3 Å². The zero-order chi connectivity index (χ0) is 10.5. The van der Waals surface area contributed by atoms with Gasteiger partial charge in [0.25, 0.3) is 0 Å². The third kappa shape index (κ3) is 3.13. The monoisotopic (exact) mass is 228 g/mol. The summed E-state index contributed by atoms with van der Waals surface area (Å²) in [5, 5.41) is 0.774. The maximum Gasteiger partial charge on any atom is 0.197 e. The predicted octanol–water partition coefficient (Wildman–Crippen LogP) is 0.651. The van der Waals surface area contributed by atoms with Crippen molar-refractivity contribution < 1.29 is 4.74 Å². The zero-order valence-corrected chi connectivity index (χ0v) is 9.42. The van der Waals surface area contributed by atoms with Crippen molar-refractivity contribution in [2.45, 2.75) is 13.0 Å². The molecule has 0 saturated carbocycles. The van der Waals surface area contributed by atoms with Crippen LogP contribution in [0.5, 0.6) is 0 Å². The topological polar surface area (TPSA) is 63.4 Å². The Balaban J connectivity index is 1.89. The summed E-state index contributed by atoms with van der Waals surface area (Å²) >= 11 is 1.60. The van der Waals surface area contributed by atoms with E-state index in [0.29, 0.717) is 0 Å². The number of hydrogen-bond donors (Lipinski definition) is 2. The third-order valence-electron chi connectivity index (χ3n) is 2.37. The fourth-order valence-electron chi connectivity index (χ4n) is 1.62. The molecule has 1 aromatic rings. The fraction of sp³-hybridized carbons (Fsp3) is 0.667. The summed E-state index contributed by atoms with van der Waals surface area (Å²) in [4.78, 5) is 7.78. The molecule has 15 heavy (non-hydrogen) atoms. The molecule has 1 saturated heterocycles. The van der Waals surface area contributed by atoms with Gasteiger partial charge in [-0.3, -0.25) is 10.3 Å². The van der Waals surface area contributed by atoms with Crippen LogP contribution in [0.3, 0.4) is 0 Å². The Bertz CT molecular complexity index is 296. The van der Waals surface area contributed by atoms with Crippen molar-refractivity contribution in [1.82, 2.24) is 9.88 Å². The minimum absolute atomic E-state index is 0.774. The van der Waals surface area contributed by atoms with Gasteiger partial charge in [-0.15, -0.1) is 0 Å². The molecule has 0 bridgehead atoms. The molecule has 1 aliphatic heterocycles. The number of nitrogen functional groups attached to an aromatic ring is 1. The lowest BCUT2D eigenvalue weighted by Gasteiger charge is -2.17. The third-order valence-corrected chi connectivity index (χ3v) is 3.28. The predicted molar refractivity (Wildman–Crippen MR) is 60.6 cm³/mol. The Morgan fingerprint density at radius 3 is 3.27 bits per heavy atom. The molecular weight excluding hydrogens is 212 g/mol. The number of aromatic nitrogens is 1. The Kier molecular flexibility index (Phi) is 3.90. The van der Waals surface area contributed by atoms with Crippen molar-refractivity contribution in [2.24, 2.45) is 5.84 Å². The minimum Gasteiger partial charge on any atom is -0.380 e. The number of nitrogens with one attached hydrogen (secondary N) is 1. The molecule has 1 aliphatic rings. The van der Waals surface area contributed by atoms with Crippen LogP contribution < -0.4 is 11.3 Å². The normalized spacial score (nSPS) is 18.7. The maximum absolute atomic E-state index is 5.40. The number of nitrogens with zero attached hydrogens (tertiary/aromatic N) is 2. The van der Waals surface area contributed by atoms with Crippen LogP contribution in [0.4, 0.5) is 5.13 Å². The highest BCUT2D eigenvalue weighted by atomic mass is 32.1. The van der Waals surface area contributed by atoms with Gasteiger partial charge in [-0.25, -0.2) is 10.8 Å². The molecule has 0 aliphatic carbocycles. The highest BCUT2D eigenvalue weighted by Gasteiger charge is 2.11. The molecule has 2 rings (SSSR count). The Morgan fingerprint density at radius 1 is 1.53 bits per heavy atom. The average Bonchev–Trinajstić information content (AvgIpc) is 2.54. The number of thiazole rings is 1. The smallest absolute Gasteiger partial charge is 0.197 e. The molecule has 5 nitrogen and oxygen atoms in total. The van der Waals surface area contributed by atoms with Gasteiger partial charge in [0.1, 0.15) is 0 Å². The van der Waals surface area contributed by atoms with Gasteiger partial charge < -0.3 is 4.74 Å². The molecule has 84 valence electrons. The first-order chi connectivity index (χ1) is 7.38. The molecule has 3 N–H and O–H groups in total. The van der Waals surface area contributed by atoms with Crippen LogP contribution in [-0.4, -0.2) is 36.2 Å². The summed E-state index contributed by atoms with van der Waals surface area (Å²) in [5.41, 5.74) is 2.56. The number of hydrazine groups is 1. The number of rotatable bonds is 3. The maximum atomic E-state index is 5.40. The van der Waals surface area contributed by atoms with Crippen molar-refractivity contribution in [1.29, 1.82) is 0 Å². The highest BCUT2D eigenvalue weighted by molar-refractivity contribution is 7.15. The van der Waals surface area contributed by atoms with Crippen LogP contribution in [0, 0.1) is 0 Å². The van der Waals surface area contributed by atoms with E-state index in [0.717, 1.165) is 44.4 Å². The van der Waals surface area contributed by atoms with Crippen LogP contribution in [0.2, 0.25) is 0 Å². The molecule has 6 heteroatoms. The van der Waals surface area contributed by atoms with Crippen LogP contribution in [0.25, 0.3) is 0 Å². The van der Waals surface area contributed by atoms with Gasteiger partial charge >= 0.3 is 0 Å². The summed E-state index contributed by atoms with van der Waals surface area (Å²) in [7, 11) is 0. The first kappa shape index (κ1) is 10.8. The first-order valence-electron chi connectivity index (χ1n) is 5.10. The van der Waals surface area contributed by atoms with E-state index in [1.165, 1.54) is 4.88 Å². The quantitative estimate of drug-likeness (QED) is 0.587. The van der Waals surface area contributed by atoms with E-state index < -0.39 is 0 Å². The van der Waals surface area contributed by atoms with Gasteiger partial charge in [0.15, 0.2) is 5.13 Å². The van der Waals surface area contributed by atoms with Gasteiger partial charge in [0.05, 0.1) is 6.61 Å². The van der Waals surface area contributed by atoms with E-state index in [9.17, 15) is 0 Å². The summed E-state index contributed by atoms with van der Waals surface area (Å²) in [6.07, 6.45) is 2.99. The van der Waals surface area contributed by atoms with E-state index in [4.69, 9.17) is 10.6 Å². The number of ether oxygens (including phenoxy) is 1. The summed E-state index contributed by atoms with van der Waals surface area (Å²) < 4.78 is 5.40. The van der Waals surface area contributed by atoms with Crippen molar-refractivity contribution >= 4 is 16.5 Å². The Hall–Kier alpha value is -0.690. The number of nitrogens with two attached hydrogens (primary N) is 1. The van der Waals surface area contributed by atoms with E-state index >= 15 is 0 Å². The number of hydrogen-bond acceptors (Lipinski definition) is 6. The highest BCUT2D eigenvalue weighted by Crippen LogP contribution is 2.18. The lowest BCUT2D eigenvalue weighted by molar-refractivity contribution is 0.140. The van der Waals surface area contributed by atoms with Crippen LogP contribution in [-0.2, 0) is 11.3 Å². The molecular formula is C9H16N4OS. The van der Waals surface area contributed by atoms with E-state index in [1.54, 1.807) is 11.3 Å². The molecule has 2 heterocycles. The van der Waals surface area contributed by atoms with Gasteiger partial charge in [0.2, 0.25) is 0 Å². The molecule has 0 unspecified atom stereocenters. The molecule has 0 spiro atoms. The van der Waals surface area contributed by atoms with Crippen molar-refractivity contribution in [3.63, 3.8) is 0 Å².